The van der Waals surface area contributed by atoms with E-state index in [9.17, 15) is 14.7 Å². The van der Waals surface area contributed by atoms with Gasteiger partial charge in [-0.05, 0) is 40.3 Å². The van der Waals surface area contributed by atoms with E-state index in [-0.39, 0.29) is 11.0 Å². The number of para-hydroxylation sites is 1. The lowest BCUT2D eigenvalue weighted by Gasteiger charge is -2.23. The number of carbonyl (C=O) groups is 2. The standard InChI is InChI=1S/C12H9BrN2O3S2/c13-6-3-1-2-4-7(6)14-9(16)8-5-20-10(11(17)18)15(8)12(14)19/h1-4,8,10H,5H2,(H,17,18)/t8-,10-/m0/s1. The van der Waals surface area contributed by atoms with Gasteiger partial charge in [0.1, 0.15) is 6.04 Å². The van der Waals surface area contributed by atoms with Gasteiger partial charge in [0.2, 0.25) is 0 Å². The summed E-state index contributed by atoms with van der Waals surface area (Å²) in [5.41, 5.74) is 0.644. The van der Waals surface area contributed by atoms with E-state index < -0.39 is 17.4 Å². The second-order valence-corrected chi connectivity index (χ2v) is 6.69. The molecule has 0 aromatic heterocycles. The van der Waals surface area contributed by atoms with Crippen LogP contribution in [0, 0.1) is 0 Å². The molecule has 0 aliphatic carbocycles. The second-order valence-electron chi connectivity index (χ2n) is 4.35. The molecule has 1 aromatic carbocycles. The van der Waals surface area contributed by atoms with Gasteiger partial charge >= 0.3 is 5.97 Å². The number of halogens is 1. The summed E-state index contributed by atoms with van der Waals surface area (Å²) in [6, 6.07) is 6.76. The van der Waals surface area contributed by atoms with Crippen molar-refractivity contribution in [2.24, 2.45) is 0 Å². The smallest absolute Gasteiger partial charge is 0.337 e. The number of benzene rings is 1. The Balaban J connectivity index is 2.01. The van der Waals surface area contributed by atoms with E-state index in [1.54, 1.807) is 6.07 Å². The zero-order valence-corrected chi connectivity index (χ0v) is 13.2. The Bertz CT molecular complexity index is 624. The fourth-order valence-corrected chi connectivity index (χ4v) is 4.50. The molecule has 3 rings (SSSR count). The fourth-order valence-electron chi connectivity index (χ4n) is 2.33. The molecule has 0 saturated carbocycles. The number of rotatable bonds is 2. The summed E-state index contributed by atoms with van der Waals surface area (Å²) in [6.45, 7) is 0. The zero-order chi connectivity index (χ0) is 14.4. The Labute approximate surface area is 133 Å². The molecule has 2 aliphatic heterocycles. The molecule has 1 aromatic rings. The highest BCUT2D eigenvalue weighted by molar-refractivity contribution is 9.10. The van der Waals surface area contributed by atoms with Crippen LogP contribution in [-0.4, -0.2) is 44.2 Å². The minimum Gasteiger partial charge on any atom is -0.479 e. The SMILES string of the molecule is O=C(O)[C@@H]1SC[C@H]2C(=O)N(c3ccccc3Br)C(=S)N21. The summed E-state index contributed by atoms with van der Waals surface area (Å²) in [7, 11) is 0. The lowest BCUT2D eigenvalue weighted by Crippen LogP contribution is -2.41. The molecule has 1 N–H and O–H groups in total. The number of carboxylic acids is 1. The molecule has 104 valence electrons. The van der Waals surface area contributed by atoms with Crippen molar-refractivity contribution in [1.82, 2.24) is 4.90 Å². The van der Waals surface area contributed by atoms with Crippen LogP contribution in [0.25, 0.3) is 0 Å². The minimum absolute atomic E-state index is 0.168. The quantitative estimate of drug-likeness (QED) is 0.800. The largest absolute Gasteiger partial charge is 0.479 e. The van der Waals surface area contributed by atoms with Gasteiger partial charge in [0.15, 0.2) is 10.5 Å². The highest BCUT2D eigenvalue weighted by Crippen LogP contribution is 2.39. The van der Waals surface area contributed by atoms with Crippen LogP contribution >= 0.6 is 39.9 Å². The summed E-state index contributed by atoms with van der Waals surface area (Å²) in [5.74, 6) is -0.698. The predicted octanol–water partition coefficient (Wildman–Crippen LogP) is 1.91. The molecule has 8 heteroatoms. The van der Waals surface area contributed by atoms with E-state index in [2.05, 4.69) is 15.9 Å². The summed E-state index contributed by atoms with van der Waals surface area (Å²) >= 11 is 9.95. The topological polar surface area (TPSA) is 60.9 Å². The maximum atomic E-state index is 12.5. The average Bonchev–Trinajstić information content (AvgIpc) is 2.93. The van der Waals surface area contributed by atoms with Crippen LogP contribution in [0.15, 0.2) is 28.7 Å². The normalized spacial score (nSPS) is 25.2. The first kappa shape index (κ1) is 13.8. The van der Waals surface area contributed by atoms with Gasteiger partial charge < -0.3 is 10.0 Å². The summed E-state index contributed by atoms with van der Waals surface area (Å²) in [4.78, 5) is 26.7. The van der Waals surface area contributed by atoms with E-state index in [1.165, 1.54) is 21.6 Å². The number of hydrogen-bond donors (Lipinski definition) is 1. The minimum atomic E-state index is -0.971. The molecule has 0 spiro atoms. The maximum absolute atomic E-state index is 12.5. The molecule has 0 radical (unpaired) electrons. The number of carbonyl (C=O) groups excluding carboxylic acids is 1. The van der Waals surface area contributed by atoms with Crippen LogP contribution < -0.4 is 4.90 Å². The molecule has 20 heavy (non-hydrogen) atoms. The summed E-state index contributed by atoms with van der Waals surface area (Å²) < 4.78 is 0.747. The van der Waals surface area contributed by atoms with Crippen molar-refractivity contribution in [2.45, 2.75) is 11.4 Å². The second kappa shape index (κ2) is 5.01. The van der Waals surface area contributed by atoms with Crippen molar-refractivity contribution in [3.05, 3.63) is 28.7 Å². The number of aliphatic carboxylic acids is 1. The molecule has 0 unspecified atom stereocenters. The fraction of sp³-hybridized carbons (Fsp3) is 0.250. The maximum Gasteiger partial charge on any atom is 0.337 e. The molecule has 0 bridgehead atoms. The average molecular weight is 373 g/mol. The van der Waals surface area contributed by atoms with Gasteiger partial charge in [0.25, 0.3) is 5.91 Å². The van der Waals surface area contributed by atoms with Crippen LogP contribution in [0.1, 0.15) is 0 Å². The third kappa shape index (κ3) is 1.94. The van der Waals surface area contributed by atoms with Crippen molar-refractivity contribution in [3.8, 4) is 0 Å². The highest BCUT2D eigenvalue weighted by atomic mass is 79.9. The van der Waals surface area contributed by atoms with Crippen LogP contribution in [-0.2, 0) is 9.59 Å². The Hall–Kier alpha value is -1.12. The van der Waals surface area contributed by atoms with Gasteiger partial charge in [-0.3, -0.25) is 9.69 Å². The van der Waals surface area contributed by atoms with Crippen LogP contribution in [0.3, 0.4) is 0 Å². The zero-order valence-electron chi connectivity index (χ0n) is 10.0. The van der Waals surface area contributed by atoms with Gasteiger partial charge in [0.05, 0.1) is 5.69 Å². The van der Waals surface area contributed by atoms with Gasteiger partial charge in [-0.15, -0.1) is 11.8 Å². The number of thiocarbonyl (C=S) groups is 1. The first-order valence-electron chi connectivity index (χ1n) is 5.77. The number of thioether (sulfide) groups is 1. The molecule has 2 aliphatic rings. The lowest BCUT2D eigenvalue weighted by molar-refractivity contribution is -0.138. The molecule has 2 atom stereocenters. The third-order valence-electron chi connectivity index (χ3n) is 3.22. The van der Waals surface area contributed by atoms with Gasteiger partial charge in [0, 0.05) is 10.2 Å². The molecular weight excluding hydrogens is 364 g/mol. The number of nitrogens with zero attached hydrogens (tertiary/aromatic N) is 2. The van der Waals surface area contributed by atoms with E-state index in [4.69, 9.17) is 12.2 Å². The molecule has 1 amide bonds. The van der Waals surface area contributed by atoms with Crippen molar-refractivity contribution >= 4 is 62.6 Å². The molecule has 2 fully saturated rings. The van der Waals surface area contributed by atoms with Crippen molar-refractivity contribution in [1.29, 1.82) is 0 Å². The van der Waals surface area contributed by atoms with Crippen LogP contribution in [0.2, 0.25) is 0 Å². The van der Waals surface area contributed by atoms with Crippen molar-refractivity contribution in [3.63, 3.8) is 0 Å². The molecule has 2 saturated heterocycles. The monoisotopic (exact) mass is 372 g/mol. The number of amides is 1. The highest BCUT2D eigenvalue weighted by Gasteiger charge is 2.53. The Morgan fingerprint density at radius 1 is 1.45 bits per heavy atom. The van der Waals surface area contributed by atoms with Gasteiger partial charge in [-0.1, -0.05) is 12.1 Å². The van der Waals surface area contributed by atoms with E-state index >= 15 is 0 Å². The third-order valence-corrected chi connectivity index (χ3v) is 5.54. The number of hydrogen-bond acceptors (Lipinski definition) is 4. The van der Waals surface area contributed by atoms with E-state index in [0.717, 1.165) is 4.47 Å². The van der Waals surface area contributed by atoms with Crippen LogP contribution in [0.4, 0.5) is 5.69 Å². The summed E-state index contributed by atoms with van der Waals surface area (Å²) in [5, 5.41) is 8.68. The van der Waals surface area contributed by atoms with E-state index in [1.807, 2.05) is 18.2 Å². The lowest BCUT2D eigenvalue weighted by atomic mass is 10.2. The number of fused-ring (bicyclic) bond motifs is 1. The number of anilines is 1. The Morgan fingerprint density at radius 3 is 2.80 bits per heavy atom. The Kier molecular flexibility index (Phi) is 3.47. The molecular formula is C12H9BrN2O3S2. The van der Waals surface area contributed by atoms with Crippen LogP contribution in [0.5, 0.6) is 0 Å². The molecule has 5 nitrogen and oxygen atoms in total. The van der Waals surface area contributed by atoms with Gasteiger partial charge in [-0.2, -0.15) is 0 Å². The van der Waals surface area contributed by atoms with Gasteiger partial charge in [-0.25, -0.2) is 4.79 Å². The first-order chi connectivity index (χ1) is 9.52. The number of carboxylic acid groups (broad SMARTS) is 1. The predicted molar refractivity (Wildman–Crippen MR) is 83.7 cm³/mol. The first-order valence-corrected chi connectivity index (χ1v) is 8.02. The van der Waals surface area contributed by atoms with Crippen molar-refractivity contribution < 1.29 is 14.7 Å². The van der Waals surface area contributed by atoms with Crippen molar-refractivity contribution in [2.75, 3.05) is 10.7 Å². The Morgan fingerprint density at radius 2 is 2.15 bits per heavy atom. The summed E-state index contributed by atoms with van der Waals surface area (Å²) in [6.07, 6.45) is 0. The van der Waals surface area contributed by atoms with E-state index in [0.29, 0.717) is 11.4 Å². The molecule has 2 heterocycles.